The summed E-state index contributed by atoms with van der Waals surface area (Å²) in [4.78, 5) is 37.6. The number of ether oxygens (including phenoxy) is 1. The molecule has 1 saturated heterocycles. The standard InChI is InChI=1S/C12H21N3O4/c1-3-14(8-10(16)19-2)11(17)9-5-4-6-15(7-9)12(13)18/h9H,3-8H2,1-2H3,(H2,13,18). The van der Waals surface area contributed by atoms with Gasteiger partial charge in [0.15, 0.2) is 0 Å². The Bertz CT molecular complexity index is 359. The van der Waals surface area contributed by atoms with Gasteiger partial charge in [0.1, 0.15) is 6.54 Å². The monoisotopic (exact) mass is 271 g/mol. The van der Waals surface area contributed by atoms with Crippen molar-refractivity contribution in [3.63, 3.8) is 0 Å². The van der Waals surface area contributed by atoms with E-state index in [1.807, 2.05) is 0 Å². The quantitative estimate of drug-likeness (QED) is 0.716. The number of nitrogens with zero attached hydrogens (tertiary/aromatic N) is 2. The van der Waals surface area contributed by atoms with E-state index >= 15 is 0 Å². The van der Waals surface area contributed by atoms with Crippen LogP contribution in [0.1, 0.15) is 19.8 Å². The number of carbonyl (C=O) groups is 3. The molecular weight excluding hydrogens is 250 g/mol. The topological polar surface area (TPSA) is 92.9 Å². The number of hydrogen-bond acceptors (Lipinski definition) is 4. The van der Waals surface area contributed by atoms with Gasteiger partial charge in [0.05, 0.1) is 13.0 Å². The normalized spacial score (nSPS) is 18.8. The van der Waals surface area contributed by atoms with E-state index < -0.39 is 12.0 Å². The van der Waals surface area contributed by atoms with E-state index in [2.05, 4.69) is 4.74 Å². The summed E-state index contributed by atoms with van der Waals surface area (Å²) in [5.41, 5.74) is 5.23. The third-order valence-corrected chi connectivity index (χ3v) is 3.32. The van der Waals surface area contributed by atoms with Gasteiger partial charge in [0.25, 0.3) is 0 Å². The fourth-order valence-corrected chi connectivity index (χ4v) is 2.20. The molecule has 1 heterocycles. The van der Waals surface area contributed by atoms with Crippen molar-refractivity contribution >= 4 is 17.9 Å². The molecule has 0 aliphatic carbocycles. The largest absolute Gasteiger partial charge is 0.468 e. The van der Waals surface area contributed by atoms with Gasteiger partial charge in [-0.05, 0) is 19.8 Å². The average molecular weight is 271 g/mol. The van der Waals surface area contributed by atoms with Gasteiger partial charge in [-0.15, -0.1) is 0 Å². The van der Waals surface area contributed by atoms with Crippen LogP contribution in [-0.2, 0) is 14.3 Å². The Kier molecular flexibility index (Phi) is 5.59. The van der Waals surface area contributed by atoms with E-state index in [1.165, 1.54) is 16.9 Å². The molecule has 0 spiro atoms. The lowest BCUT2D eigenvalue weighted by atomic mass is 9.96. The van der Waals surface area contributed by atoms with Crippen LogP contribution in [0.2, 0.25) is 0 Å². The Labute approximate surface area is 112 Å². The molecule has 1 aliphatic heterocycles. The lowest BCUT2D eigenvalue weighted by molar-refractivity contribution is -0.149. The molecule has 1 atom stereocenters. The first-order chi connectivity index (χ1) is 8.99. The van der Waals surface area contributed by atoms with Crippen molar-refractivity contribution in [2.24, 2.45) is 11.7 Å². The van der Waals surface area contributed by atoms with Crippen LogP contribution in [0, 0.1) is 5.92 Å². The molecule has 1 unspecified atom stereocenters. The van der Waals surface area contributed by atoms with Crippen molar-refractivity contribution in [1.29, 1.82) is 0 Å². The maximum Gasteiger partial charge on any atom is 0.325 e. The lowest BCUT2D eigenvalue weighted by Gasteiger charge is -2.33. The van der Waals surface area contributed by atoms with E-state index in [0.717, 1.165) is 6.42 Å². The number of nitrogens with two attached hydrogens (primary N) is 1. The summed E-state index contributed by atoms with van der Waals surface area (Å²) in [6.07, 6.45) is 1.45. The predicted molar refractivity (Wildman–Crippen MR) is 68.2 cm³/mol. The number of urea groups is 1. The first-order valence-electron chi connectivity index (χ1n) is 6.39. The molecule has 7 nitrogen and oxygen atoms in total. The summed E-state index contributed by atoms with van der Waals surface area (Å²) in [6.45, 7) is 3.09. The van der Waals surface area contributed by atoms with Crippen molar-refractivity contribution in [2.75, 3.05) is 33.3 Å². The molecule has 1 fully saturated rings. The molecule has 19 heavy (non-hydrogen) atoms. The molecule has 2 N–H and O–H groups in total. The Hall–Kier alpha value is -1.79. The van der Waals surface area contributed by atoms with Crippen LogP contribution < -0.4 is 5.73 Å². The highest BCUT2D eigenvalue weighted by atomic mass is 16.5. The van der Waals surface area contributed by atoms with E-state index in [4.69, 9.17) is 5.73 Å². The highest BCUT2D eigenvalue weighted by Crippen LogP contribution is 2.18. The first kappa shape index (κ1) is 15.3. The number of amides is 3. The molecule has 7 heteroatoms. The summed E-state index contributed by atoms with van der Waals surface area (Å²) in [7, 11) is 1.29. The maximum absolute atomic E-state index is 12.3. The molecule has 0 aromatic carbocycles. The zero-order chi connectivity index (χ0) is 14.4. The summed E-state index contributed by atoms with van der Waals surface area (Å²) < 4.78 is 4.56. The zero-order valence-corrected chi connectivity index (χ0v) is 11.4. The fourth-order valence-electron chi connectivity index (χ4n) is 2.20. The minimum absolute atomic E-state index is 0.0566. The van der Waals surface area contributed by atoms with E-state index in [0.29, 0.717) is 26.1 Å². The van der Waals surface area contributed by atoms with E-state index in [-0.39, 0.29) is 18.4 Å². The number of rotatable bonds is 4. The fraction of sp³-hybridized carbons (Fsp3) is 0.750. The van der Waals surface area contributed by atoms with Crippen LogP contribution in [0.5, 0.6) is 0 Å². The van der Waals surface area contributed by atoms with Gasteiger partial charge < -0.3 is 20.3 Å². The molecule has 1 rings (SSSR count). The van der Waals surface area contributed by atoms with Crippen LogP contribution >= 0.6 is 0 Å². The van der Waals surface area contributed by atoms with Gasteiger partial charge in [-0.3, -0.25) is 9.59 Å². The predicted octanol–water partition coefficient (Wildman–Crippen LogP) is -0.201. The van der Waals surface area contributed by atoms with E-state index in [9.17, 15) is 14.4 Å². The number of esters is 1. The summed E-state index contributed by atoms with van der Waals surface area (Å²) in [5.74, 6) is -0.859. The van der Waals surface area contributed by atoms with Crippen LogP contribution in [-0.4, -0.2) is 61.0 Å². The molecule has 0 radical (unpaired) electrons. The number of piperidine rings is 1. The van der Waals surface area contributed by atoms with Crippen molar-refractivity contribution in [1.82, 2.24) is 9.80 Å². The molecule has 0 aromatic heterocycles. The maximum atomic E-state index is 12.3. The SMILES string of the molecule is CCN(CC(=O)OC)C(=O)C1CCCN(C(N)=O)C1. The molecule has 0 saturated carbocycles. The second kappa shape index (κ2) is 6.96. The summed E-state index contributed by atoms with van der Waals surface area (Å²) in [5, 5.41) is 0. The highest BCUT2D eigenvalue weighted by molar-refractivity contribution is 5.84. The van der Waals surface area contributed by atoms with Crippen LogP contribution in [0.4, 0.5) is 4.79 Å². The summed E-state index contributed by atoms with van der Waals surface area (Å²) in [6, 6.07) is -0.506. The minimum atomic E-state index is -0.506. The molecule has 108 valence electrons. The van der Waals surface area contributed by atoms with Gasteiger partial charge in [0.2, 0.25) is 5.91 Å². The first-order valence-corrected chi connectivity index (χ1v) is 6.39. The smallest absolute Gasteiger partial charge is 0.325 e. The van der Waals surface area contributed by atoms with Crippen LogP contribution in [0.3, 0.4) is 0 Å². The number of hydrogen-bond donors (Lipinski definition) is 1. The lowest BCUT2D eigenvalue weighted by Crippen LogP contribution is -2.49. The third kappa shape index (κ3) is 4.11. The van der Waals surface area contributed by atoms with Gasteiger partial charge in [-0.2, -0.15) is 0 Å². The van der Waals surface area contributed by atoms with Gasteiger partial charge in [-0.1, -0.05) is 0 Å². The van der Waals surface area contributed by atoms with Crippen molar-refractivity contribution in [3.8, 4) is 0 Å². The zero-order valence-electron chi connectivity index (χ0n) is 11.4. The van der Waals surface area contributed by atoms with Crippen molar-refractivity contribution in [3.05, 3.63) is 0 Å². The number of likely N-dealkylation sites (N-methyl/N-ethyl adjacent to an activating group) is 1. The Morgan fingerprint density at radius 1 is 1.42 bits per heavy atom. The number of primary amides is 1. The summed E-state index contributed by atoms with van der Waals surface area (Å²) >= 11 is 0. The number of carbonyl (C=O) groups excluding carboxylic acids is 3. The molecule has 0 bridgehead atoms. The molecular formula is C12H21N3O4. The highest BCUT2D eigenvalue weighted by Gasteiger charge is 2.30. The Balaban J connectivity index is 2.63. The van der Waals surface area contributed by atoms with Crippen molar-refractivity contribution in [2.45, 2.75) is 19.8 Å². The molecule has 0 aromatic rings. The van der Waals surface area contributed by atoms with E-state index in [1.54, 1.807) is 6.92 Å². The number of likely N-dealkylation sites (tertiary alicyclic amines) is 1. The molecule has 3 amide bonds. The third-order valence-electron chi connectivity index (χ3n) is 3.32. The van der Waals surface area contributed by atoms with Gasteiger partial charge >= 0.3 is 12.0 Å². The number of methoxy groups -OCH3 is 1. The van der Waals surface area contributed by atoms with Crippen molar-refractivity contribution < 1.29 is 19.1 Å². The van der Waals surface area contributed by atoms with Crippen LogP contribution in [0.15, 0.2) is 0 Å². The molecule has 1 aliphatic rings. The Morgan fingerprint density at radius 2 is 2.11 bits per heavy atom. The van der Waals surface area contributed by atoms with Crippen LogP contribution in [0.25, 0.3) is 0 Å². The second-order valence-corrected chi connectivity index (χ2v) is 4.55. The minimum Gasteiger partial charge on any atom is -0.468 e. The average Bonchev–Trinajstić information content (AvgIpc) is 2.43. The van der Waals surface area contributed by atoms with Gasteiger partial charge in [0, 0.05) is 19.6 Å². The second-order valence-electron chi connectivity index (χ2n) is 4.55. The van der Waals surface area contributed by atoms with Gasteiger partial charge in [-0.25, -0.2) is 4.79 Å². The Morgan fingerprint density at radius 3 is 2.63 bits per heavy atom.